The lowest BCUT2D eigenvalue weighted by Crippen LogP contribution is -2.50. The molecule has 0 fully saturated rings. The van der Waals surface area contributed by atoms with E-state index < -0.39 is 12.0 Å². The van der Waals surface area contributed by atoms with Gasteiger partial charge >= 0.3 is 5.97 Å². The Morgan fingerprint density at radius 2 is 1.86 bits per heavy atom. The third kappa shape index (κ3) is 6.22. The number of nitrogens with one attached hydrogen (secondary N) is 1. The Morgan fingerprint density at radius 3 is 2.07 bits per heavy atom. The maximum absolute atomic E-state index is 10.9. The lowest BCUT2D eigenvalue weighted by Gasteiger charge is -2.29. The van der Waals surface area contributed by atoms with Gasteiger partial charge in [-0.25, -0.2) is 0 Å². The van der Waals surface area contributed by atoms with Crippen molar-refractivity contribution in [1.29, 1.82) is 0 Å². The molecule has 3 nitrogen and oxygen atoms in total. The smallest absolute Gasteiger partial charge is 0.320 e. The Kier molecular flexibility index (Phi) is 7.21. The number of carboxylic acid groups (broad SMARTS) is 1. The molecule has 2 N–H and O–H groups in total. The zero-order chi connectivity index (χ0) is 10.6. The van der Waals surface area contributed by atoms with Crippen molar-refractivity contribution in [3.05, 3.63) is 0 Å². The van der Waals surface area contributed by atoms with Crippen LogP contribution in [-0.4, -0.2) is 22.7 Å². The third-order valence-electron chi connectivity index (χ3n) is 2.07. The molecule has 86 valence electrons. The normalized spacial score (nSPS) is 15.5. The van der Waals surface area contributed by atoms with Crippen molar-refractivity contribution in [2.45, 2.75) is 52.6 Å². The molecule has 0 bridgehead atoms. The van der Waals surface area contributed by atoms with Crippen molar-refractivity contribution in [3.8, 4) is 0 Å². The molecule has 0 aliphatic carbocycles. The van der Waals surface area contributed by atoms with E-state index in [-0.39, 0.29) is 23.9 Å². The van der Waals surface area contributed by atoms with Crippen LogP contribution in [0.3, 0.4) is 0 Å². The van der Waals surface area contributed by atoms with Gasteiger partial charge in [-0.05, 0) is 26.7 Å². The summed E-state index contributed by atoms with van der Waals surface area (Å²) < 4.78 is 0. The lowest BCUT2D eigenvalue weighted by atomic mass is 9.96. The second-order valence-corrected chi connectivity index (χ2v) is 4.60. The van der Waals surface area contributed by atoms with E-state index in [4.69, 9.17) is 5.11 Å². The van der Waals surface area contributed by atoms with Crippen molar-refractivity contribution in [2.24, 2.45) is 5.92 Å². The predicted molar refractivity (Wildman–Crippen MR) is 61.0 cm³/mol. The zero-order valence-corrected chi connectivity index (χ0v) is 10.4. The molecule has 0 saturated carbocycles. The first-order valence-corrected chi connectivity index (χ1v) is 4.78. The summed E-state index contributed by atoms with van der Waals surface area (Å²) in [4.78, 5) is 10.9. The number of rotatable bonds is 4. The van der Waals surface area contributed by atoms with Gasteiger partial charge in [-0.15, -0.1) is 12.4 Å². The molecular weight excluding hydrogens is 202 g/mol. The number of carbonyl (C=O) groups is 1. The van der Waals surface area contributed by atoms with Crippen LogP contribution in [0.15, 0.2) is 0 Å². The SMILES string of the molecule is CC[C@H](C)[C@H](NC(C)(C)C)C(=O)O.Cl. The molecule has 0 unspecified atom stereocenters. The highest BCUT2D eigenvalue weighted by molar-refractivity contribution is 5.85. The van der Waals surface area contributed by atoms with E-state index in [1.165, 1.54) is 0 Å². The fourth-order valence-corrected chi connectivity index (χ4v) is 1.15. The van der Waals surface area contributed by atoms with Crippen LogP contribution in [0, 0.1) is 5.92 Å². The second kappa shape index (κ2) is 6.25. The molecule has 0 amide bonds. The number of aliphatic carboxylic acids is 1. The van der Waals surface area contributed by atoms with Gasteiger partial charge < -0.3 is 5.11 Å². The molecule has 0 radical (unpaired) electrons. The predicted octanol–water partition coefficient (Wildman–Crippen LogP) is 2.30. The zero-order valence-electron chi connectivity index (χ0n) is 9.63. The van der Waals surface area contributed by atoms with E-state index in [2.05, 4.69) is 5.32 Å². The van der Waals surface area contributed by atoms with E-state index in [1.807, 2.05) is 34.6 Å². The molecule has 0 aromatic heterocycles. The Balaban J connectivity index is 0. The summed E-state index contributed by atoms with van der Waals surface area (Å²) in [5.74, 6) is -0.596. The first-order chi connectivity index (χ1) is 5.78. The minimum atomic E-state index is -0.760. The summed E-state index contributed by atoms with van der Waals surface area (Å²) in [5.41, 5.74) is -0.146. The number of hydrogen-bond donors (Lipinski definition) is 2. The monoisotopic (exact) mass is 223 g/mol. The topological polar surface area (TPSA) is 49.3 Å². The molecule has 4 heteroatoms. The van der Waals surface area contributed by atoms with Crippen molar-refractivity contribution in [3.63, 3.8) is 0 Å². The molecular formula is C10H22ClNO2. The fraction of sp³-hybridized carbons (Fsp3) is 0.900. The molecule has 0 aromatic rings. The van der Waals surface area contributed by atoms with E-state index in [0.717, 1.165) is 6.42 Å². The Morgan fingerprint density at radius 1 is 1.43 bits per heavy atom. The molecule has 0 rings (SSSR count). The second-order valence-electron chi connectivity index (χ2n) is 4.60. The van der Waals surface area contributed by atoms with E-state index in [1.54, 1.807) is 0 Å². The van der Waals surface area contributed by atoms with Gasteiger partial charge in [-0.2, -0.15) is 0 Å². The van der Waals surface area contributed by atoms with Crippen LogP contribution < -0.4 is 5.32 Å². The van der Waals surface area contributed by atoms with Gasteiger partial charge in [0.25, 0.3) is 0 Å². The van der Waals surface area contributed by atoms with Crippen molar-refractivity contribution < 1.29 is 9.90 Å². The van der Waals surface area contributed by atoms with E-state index >= 15 is 0 Å². The van der Waals surface area contributed by atoms with E-state index in [9.17, 15) is 4.79 Å². The molecule has 2 atom stereocenters. The van der Waals surface area contributed by atoms with Crippen LogP contribution in [0.2, 0.25) is 0 Å². The molecule has 14 heavy (non-hydrogen) atoms. The van der Waals surface area contributed by atoms with Crippen LogP contribution >= 0.6 is 12.4 Å². The Hall–Kier alpha value is -0.280. The minimum Gasteiger partial charge on any atom is -0.480 e. The van der Waals surface area contributed by atoms with Gasteiger partial charge in [0.1, 0.15) is 6.04 Å². The standard InChI is InChI=1S/C10H21NO2.ClH/c1-6-7(2)8(9(12)13)11-10(3,4)5;/h7-8,11H,6H2,1-5H3,(H,12,13);1H/t7-,8-;/m0./s1. The maximum Gasteiger partial charge on any atom is 0.320 e. The molecule has 0 saturated heterocycles. The third-order valence-corrected chi connectivity index (χ3v) is 2.07. The number of carboxylic acids is 1. The molecule has 0 aliphatic rings. The van der Waals surface area contributed by atoms with Crippen molar-refractivity contribution >= 4 is 18.4 Å². The number of hydrogen-bond acceptors (Lipinski definition) is 2. The maximum atomic E-state index is 10.9. The highest BCUT2D eigenvalue weighted by Gasteiger charge is 2.27. The first-order valence-electron chi connectivity index (χ1n) is 4.78. The van der Waals surface area contributed by atoms with Gasteiger partial charge in [0.05, 0.1) is 0 Å². The summed E-state index contributed by atoms with van der Waals surface area (Å²) >= 11 is 0. The van der Waals surface area contributed by atoms with Gasteiger partial charge in [0, 0.05) is 5.54 Å². The average molecular weight is 224 g/mol. The van der Waals surface area contributed by atoms with Crippen LogP contribution in [0.4, 0.5) is 0 Å². The highest BCUT2D eigenvalue weighted by Crippen LogP contribution is 2.12. The molecule has 0 heterocycles. The summed E-state index contributed by atoms with van der Waals surface area (Å²) in [7, 11) is 0. The minimum absolute atomic E-state index is 0. The van der Waals surface area contributed by atoms with Crippen molar-refractivity contribution in [1.82, 2.24) is 5.32 Å². The highest BCUT2D eigenvalue weighted by atomic mass is 35.5. The van der Waals surface area contributed by atoms with E-state index in [0.29, 0.717) is 0 Å². The molecule has 0 aromatic carbocycles. The Labute approximate surface area is 92.7 Å². The molecule has 0 spiro atoms. The van der Waals surface area contributed by atoms with Crippen LogP contribution in [0.5, 0.6) is 0 Å². The van der Waals surface area contributed by atoms with Gasteiger partial charge in [-0.3, -0.25) is 10.1 Å². The summed E-state index contributed by atoms with van der Waals surface area (Å²) in [6.45, 7) is 9.89. The fourth-order valence-electron chi connectivity index (χ4n) is 1.15. The first kappa shape index (κ1) is 16.2. The Bertz CT molecular complexity index is 177. The number of halogens is 1. The summed E-state index contributed by atoms with van der Waals surface area (Å²) in [6, 6.07) is -0.440. The van der Waals surface area contributed by atoms with Crippen molar-refractivity contribution in [2.75, 3.05) is 0 Å². The quantitative estimate of drug-likeness (QED) is 0.769. The van der Waals surface area contributed by atoms with Crippen LogP contribution in [0.25, 0.3) is 0 Å². The van der Waals surface area contributed by atoms with Gasteiger partial charge in [0.15, 0.2) is 0 Å². The lowest BCUT2D eigenvalue weighted by molar-refractivity contribution is -0.141. The summed E-state index contributed by atoms with van der Waals surface area (Å²) in [5, 5.41) is 12.1. The van der Waals surface area contributed by atoms with Crippen LogP contribution in [0.1, 0.15) is 41.0 Å². The largest absolute Gasteiger partial charge is 0.480 e. The average Bonchev–Trinajstić information content (AvgIpc) is 1.96. The van der Waals surface area contributed by atoms with Gasteiger partial charge in [-0.1, -0.05) is 20.3 Å². The molecule has 0 aliphatic heterocycles. The van der Waals surface area contributed by atoms with Crippen LogP contribution in [-0.2, 0) is 4.79 Å². The van der Waals surface area contributed by atoms with Gasteiger partial charge in [0.2, 0.25) is 0 Å². The summed E-state index contributed by atoms with van der Waals surface area (Å²) in [6.07, 6.45) is 0.875.